The zero-order valence-electron chi connectivity index (χ0n) is 54.9. The molecule has 1 aromatic rings. The van der Waals surface area contributed by atoms with Gasteiger partial charge in [0.1, 0.15) is 0 Å². The topological polar surface area (TPSA) is 317 Å². The molecule has 8 rings (SSSR count). The molecule has 0 aliphatic carbocycles. The smallest absolute Gasteiger partial charge is 0.315 e. The van der Waals surface area contributed by atoms with Crippen LogP contribution in [0.25, 0.3) is 0 Å². The predicted octanol–water partition coefficient (Wildman–Crippen LogP) is 4.66. The van der Waals surface area contributed by atoms with Crippen LogP contribution in [0.3, 0.4) is 0 Å². The van der Waals surface area contributed by atoms with E-state index in [-0.39, 0.29) is 77.6 Å². The largest absolute Gasteiger partial charge is 0.367 e. The molecular formula is C65H109N17O8S2. The number of fused-ring (bicyclic) bond motifs is 2. The highest BCUT2D eigenvalue weighted by Gasteiger charge is 2.43. The highest BCUT2D eigenvalue weighted by Crippen LogP contribution is 2.35. The van der Waals surface area contributed by atoms with Gasteiger partial charge in [-0.3, -0.25) is 33.6 Å². The second kappa shape index (κ2) is 39.0. The maximum absolute atomic E-state index is 13.1. The predicted molar refractivity (Wildman–Crippen MR) is 363 cm³/mol. The van der Waals surface area contributed by atoms with Crippen LogP contribution in [0.2, 0.25) is 0 Å². The molecule has 8 heterocycles. The highest BCUT2D eigenvalue weighted by atomic mass is 32.2. The second-order valence-electron chi connectivity index (χ2n) is 26.4. The minimum absolute atomic E-state index is 0.0283. The maximum atomic E-state index is 13.1. The van der Waals surface area contributed by atoms with Gasteiger partial charge in [-0.2, -0.15) is 38.5 Å². The van der Waals surface area contributed by atoms with Crippen LogP contribution in [-0.4, -0.2) is 192 Å². The first-order valence-electron chi connectivity index (χ1n) is 35.2. The zero-order valence-corrected chi connectivity index (χ0v) is 56.5. The molecule has 0 bridgehead atoms. The SMILES string of the molecule is C=C1NC2CS[C@@H](CCCCC(=O)NCCCCCC(=O)NCCCCCC(=O)NC3CCN(c4nc(N5CCC(NC(C)=O)CC5)nc(N5CCC(NC(=O)CCCCCNC(=O)CCCCCNC(=O)CCCC[C@@H]6SCC7NC(=O)NC76)CC5)n4)CC3)C2N1. The van der Waals surface area contributed by atoms with Crippen molar-refractivity contribution >= 4 is 88.8 Å². The van der Waals surface area contributed by atoms with Gasteiger partial charge in [0, 0.05) is 151 Å². The van der Waals surface area contributed by atoms with Crippen LogP contribution in [0, 0.1) is 0 Å². The van der Waals surface area contributed by atoms with Gasteiger partial charge < -0.3 is 73.2 Å². The fourth-order valence-corrected chi connectivity index (χ4v) is 16.7. The first-order valence-corrected chi connectivity index (χ1v) is 37.3. The third kappa shape index (κ3) is 25.1. The van der Waals surface area contributed by atoms with Crippen molar-refractivity contribution in [2.24, 2.45) is 0 Å². The first kappa shape index (κ1) is 71.9. The number of carbonyl (C=O) groups is 8. The van der Waals surface area contributed by atoms with Crippen LogP contribution < -0.4 is 73.2 Å². The van der Waals surface area contributed by atoms with E-state index >= 15 is 0 Å². The number of thioether (sulfide) groups is 2. The molecule has 7 aliphatic rings. The molecule has 7 fully saturated rings. The molecule has 25 nitrogen and oxygen atoms in total. The molecule has 1 aromatic heterocycles. The lowest BCUT2D eigenvalue weighted by atomic mass is 10.0. The lowest BCUT2D eigenvalue weighted by Gasteiger charge is -2.36. The molecule has 0 spiro atoms. The summed E-state index contributed by atoms with van der Waals surface area (Å²) in [4.78, 5) is 121. The normalized spacial score (nSPS) is 22.3. The average Bonchev–Trinajstić information content (AvgIpc) is 1.19. The number of amides is 9. The number of nitrogens with one attached hydrogen (secondary N) is 11. The van der Waals surface area contributed by atoms with E-state index in [1.54, 1.807) is 6.92 Å². The Morgan fingerprint density at radius 3 is 1.12 bits per heavy atom. The molecule has 0 radical (unpaired) electrons. The van der Waals surface area contributed by atoms with E-state index in [1.807, 2.05) is 23.5 Å². The molecule has 9 amide bonds. The van der Waals surface area contributed by atoms with E-state index in [2.05, 4.69) is 79.8 Å². The second-order valence-corrected chi connectivity index (χ2v) is 28.9. The average molecular weight is 1320 g/mol. The van der Waals surface area contributed by atoms with Crippen molar-refractivity contribution in [1.29, 1.82) is 0 Å². The Hall–Kier alpha value is -5.99. The quantitative estimate of drug-likeness (QED) is 0.0315. The summed E-state index contributed by atoms with van der Waals surface area (Å²) < 4.78 is 0. The van der Waals surface area contributed by atoms with Gasteiger partial charge in [0.15, 0.2) is 0 Å². The fourth-order valence-electron chi connectivity index (χ4n) is 13.6. The fraction of sp³-hybridized carbons (Fsp3) is 0.800. The van der Waals surface area contributed by atoms with Gasteiger partial charge in [-0.05, 0) is 116 Å². The van der Waals surface area contributed by atoms with Crippen LogP contribution in [0.1, 0.15) is 200 Å². The number of urea groups is 1. The van der Waals surface area contributed by atoms with E-state index < -0.39 is 0 Å². The Balaban J connectivity index is 0.627. The molecule has 6 atom stereocenters. The Morgan fingerprint density at radius 2 is 0.750 bits per heavy atom. The Kier molecular flexibility index (Phi) is 30.5. The molecule has 92 heavy (non-hydrogen) atoms. The van der Waals surface area contributed by atoms with E-state index in [0.29, 0.717) is 144 Å². The summed E-state index contributed by atoms with van der Waals surface area (Å²) >= 11 is 3.91. The van der Waals surface area contributed by atoms with Crippen molar-refractivity contribution in [3.05, 3.63) is 12.4 Å². The minimum Gasteiger partial charge on any atom is -0.367 e. The molecular weight excluding hydrogens is 1210 g/mol. The number of aromatic nitrogens is 3. The number of rotatable bonds is 40. The maximum Gasteiger partial charge on any atom is 0.315 e. The van der Waals surface area contributed by atoms with Crippen molar-refractivity contribution in [2.45, 2.75) is 252 Å². The van der Waals surface area contributed by atoms with Crippen LogP contribution in [0.15, 0.2) is 12.4 Å². The summed E-state index contributed by atoms with van der Waals surface area (Å²) in [7, 11) is 0. The van der Waals surface area contributed by atoms with E-state index in [1.165, 1.54) is 0 Å². The Labute approximate surface area is 554 Å². The Morgan fingerprint density at radius 1 is 0.424 bits per heavy atom. The van der Waals surface area contributed by atoms with E-state index in [4.69, 9.17) is 15.0 Å². The lowest BCUT2D eigenvalue weighted by Crippen LogP contribution is -2.47. The van der Waals surface area contributed by atoms with Gasteiger partial charge in [-0.25, -0.2) is 4.79 Å². The van der Waals surface area contributed by atoms with Gasteiger partial charge >= 0.3 is 6.03 Å². The summed E-state index contributed by atoms with van der Waals surface area (Å²) in [5.41, 5.74) is 0. The Bertz CT molecular complexity index is 2400. The summed E-state index contributed by atoms with van der Waals surface area (Å²) in [6.07, 6.45) is 23.2. The number of hydrogen-bond donors (Lipinski definition) is 11. The van der Waals surface area contributed by atoms with E-state index in [0.717, 1.165) is 171 Å². The van der Waals surface area contributed by atoms with E-state index in [9.17, 15) is 38.4 Å². The first-order chi connectivity index (χ1) is 44.7. The monoisotopic (exact) mass is 1320 g/mol. The summed E-state index contributed by atoms with van der Waals surface area (Å²) in [5.74, 6) is 5.17. The van der Waals surface area contributed by atoms with Crippen LogP contribution >= 0.6 is 23.5 Å². The summed E-state index contributed by atoms with van der Waals surface area (Å²) in [6.45, 7) is 12.1. The third-order valence-electron chi connectivity index (χ3n) is 18.9. The van der Waals surface area contributed by atoms with Crippen LogP contribution in [-0.2, 0) is 33.6 Å². The van der Waals surface area contributed by atoms with Crippen molar-refractivity contribution in [3.8, 4) is 0 Å². The molecule has 4 unspecified atom stereocenters. The lowest BCUT2D eigenvalue weighted by molar-refractivity contribution is -0.123. The van der Waals surface area contributed by atoms with Gasteiger partial charge in [0.25, 0.3) is 0 Å². The number of piperidine rings is 3. The number of anilines is 3. The molecule has 11 N–H and O–H groups in total. The molecule has 0 saturated carbocycles. The number of nitrogens with zero attached hydrogens (tertiary/aromatic N) is 6. The van der Waals surface area contributed by atoms with Crippen molar-refractivity contribution < 1.29 is 38.4 Å². The molecule has 27 heteroatoms. The standard InChI is InChI=1S/C65H109N17O8S2/c1-45-70-50-43-91-52(60(50)71-45)19-11-13-23-56(86)68-33-15-3-7-21-54(84)66-35-17-5-9-25-58(88)73-48-29-39-81(40-30-48)63-77-62(80-37-27-47(28-38-80)72-46(2)83)78-64(79-63)82-41-31-49(32-42-82)74-59(89)26-10-6-18-36-67-55(85)22-8-4-16-34-69-57(87)24-14-12-20-53-61-51(44-92-53)75-65(90)76-61/h47-53,60-61,70-71H,1,3-44H2,2H3,(H,66,84)(H,67,85)(H,68,86)(H,69,87)(H,72,83)(H,73,88)(H,74,89)(H2,75,76,90)/t50?,51?,52-,53-,60?,61?/m0/s1. The molecule has 7 aliphatic heterocycles. The van der Waals surface area contributed by atoms with Gasteiger partial charge in [0.2, 0.25) is 59.2 Å². The summed E-state index contributed by atoms with van der Waals surface area (Å²) in [5, 5.41) is 35.5. The van der Waals surface area contributed by atoms with Crippen molar-refractivity contribution in [2.75, 3.05) is 91.7 Å². The van der Waals surface area contributed by atoms with Crippen molar-refractivity contribution in [3.63, 3.8) is 0 Å². The molecule has 7 saturated heterocycles. The summed E-state index contributed by atoms with van der Waals surface area (Å²) in [6, 6.07) is 1.51. The van der Waals surface area contributed by atoms with Gasteiger partial charge in [-0.1, -0.05) is 45.1 Å². The minimum atomic E-state index is -0.0697. The molecule has 514 valence electrons. The van der Waals surface area contributed by atoms with Crippen LogP contribution in [0.4, 0.5) is 22.6 Å². The number of hydrogen-bond acceptors (Lipinski definition) is 18. The third-order valence-corrected chi connectivity index (χ3v) is 21.9. The number of unbranched alkanes of at least 4 members (excludes halogenated alkanes) is 10. The number of carbonyl (C=O) groups excluding carboxylic acids is 8. The van der Waals surface area contributed by atoms with Crippen molar-refractivity contribution in [1.82, 2.24) is 73.4 Å². The zero-order chi connectivity index (χ0) is 64.9. The van der Waals surface area contributed by atoms with Crippen LogP contribution in [0.5, 0.6) is 0 Å². The van der Waals surface area contributed by atoms with Gasteiger partial charge in [0.05, 0.1) is 30.0 Å². The van der Waals surface area contributed by atoms with Gasteiger partial charge in [-0.15, -0.1) is 0 Å². The molecule has 0 aromatic carbocycles. The highest BCUT2D eigenvalue weighted by molar-refractivity contribution is 8.00.